The molecule has 4 nitrogen and oxygen atoms in total. The van der Waals surface area contributed by atoms with Crippen molar-refractivity contribution in [3.8, 4) is 0 Å². The average molecular weight is 265 g/mol. The zero-order valence-electron chi connectivity index (χ0n) is 12.2. The molecule has 19 heavy (non-hydrogen) atoms. The van der Waals surface area contributed by atoms with Crippen LogP contribution in [0.2, 0.25) is 0 Å². The molecule has 2 unspecified atom stereocenters. The molecule has 0 radical (unpaired) electrons. The van der Waals surface area contributed by atoms with Crippen LogP contribution in [0.1, 0.15) is 57.7 Å². The summed E-state index contributed by atoms with van der Waals surface area (Å²) in [6, 6.07) is 3.03. The molecule has 1 saturated carbocycles. The number of nitrogens with zero attached hydrogens (tertiary/aromatic N) is 2. The van der Waals surface area contributed by atoms with Gasteiger partial charge in [0.25, 0.3) is 0 Å². The number of aliphatic hydroxyl groups excluding tert-OH is 1. The summed E-state index contributed by atoms with van der Waals surface area (Å²) < 4.78 is 2.15. The predicted molar refractivity (Wildman–Crippen MR) is 76.9 cm³/mol. The van der Waals surface area contributed by atoms with Gasteiger partial charge in [0.15, 0.2) is 0 Å². The maximum Gasteiger partial charge on any atom is 0.0762 e. The molecular formula is C15H27N3O. The second-order valence-electron chi connectivity index (χ2n) is 5.91. The Hall–Kier alpha value is -0.870. The molecule has 1 aromatic heterocycles. The minimum absolute atomic E-state index is 0.227. The van der Waals surface area contributed by atoms with Gasteiger partial charge in [0.1, 0.15) is 0 Å². The van der Waals surface area contributed by atoms with Gasteiger partial charge in [-0.1, -0.05) is 26.2 Å². The number of aliphatic hydroxyl groups is 1. The van der Waals surface area contributed by atoms with Gasteiger partial charge >= 0.3 is 0 Å². The van der Waals surface area contributed by atoms with Crippen molar-refractivity contribution in [2.45, 2.75) is 64.6 Å². The highest BCUT2D eigenvalue weighted by molar-refractivity contribution is 5.00. The maximum absolute atomic E-state index is 9.12. The number of rotatable bonds is 6. The second kappa shape index (κ2) is 7.06. The zero-order valence-corrected chi connectivity index (χ0v) is 12.2. The van der Waals surface area contributed by atoms with Crippen molar-refractivity contribution in [2.75, 3.05) is 6.61 Å². The van der Waals surface area contributed by atoms with Gasteiger partial charge in [-0.05, 0) is 31.7 Å². The van der Waals surface area contributed by atoms with Crippen LogP contribution >= 0.6 is 0 Å². The van der Waals surface area contributed by atoms with Crippen LogP contribution in [0.3, 0.4) is 0 Å². The molecule has 2 atom stereocenters. The summed E-state index contributed by atoms with van der Waals surface area (Å²) in [6.45, 7) is 5.17. The van der Waals surface area contributed by atoms with Crippen LogP contribution in [-0.4, -0.2) is 27.5 Å². The minimum Gasteiger partial charge on any atom is -0.396 e. The van der Waals surface area contributed by atoms with Crippen molar-refractivity contribution in [3.05, 3.63) is 18.0 Å². The maximum atomic E-state index is 9.12. The summed E-state index contributed by atoms with van der Waals surface area (Å²) >= 11 is 0. The lowest BCUT2D eigenvalue weighted by molar-refractivity contribution is 0.206. The lowest BCUT2D eigenvalue weighted by Gasteiger charge is -2.22. The Balaban J connectivity index is 1.83. The van der Waals surface area contributed by atoms with Crippen molar-refractivity contribution in [1.82, 2.24) is 15.1 Å². The third kappa shape index (κ3) is 4.05. The third-order valence-corrected chi connectivity index (χ3v) is 4.36. The van der Waals surface area contributed by atoms with Gasteiger partial charge in [-0.2, -0.15) is 5.10 Å². The van der Waals surface area contributed by atoms with Gasteiger partial charge in [0, 0.05) is 25.4 Å². The molecule has 0 aliphatic heterocycles. The van der Waals surface area contributed by atoms with Gasteiger partial charge in [0.05, 0.1) is 11.7 Å². The van der Waals surface area contributed by atoms with Crippen molar-refractivity contribution in [1.29, 1.82) is 0 Å². The fraction of sp³-hybridized carbons (Fsp3) is 0.800. The molecule has 0 saturated heterocycles. The third-order valence-electron chi connectivity index (χ3n) is 4.36. The van der Waals surface area contributed by atoms with Gasteiger partial charge in [0.2, 0.25) is 0 Å². The van der Waals surface area contributed by atoms with Crippen LogP contribution in [-0.2, 0) is 6.54 Å². The van der Waals surface area contributed by atoms with E-state index < -0.39 is 0 Å². The van der Waals surface area contributed by atoms with E-state index in [2.05, 4.69) is 41.2 Å². The Bertz CT molecular complexity index is 371. The summed E-state index contributed by atoms with van der Waals surface area (Å²) in [7, 11) is 0. The van der Waals surface area contributed by atoms with Gasteiger partial charge in [-0.25, -0.2) is 0 Å². The van der Waals surface area contributed by atoms with E-state index in [1.807, 2.05) is 0 Å². The Morgan fingerprint density at radius 1 is 1.37 bits per heavy atom. The molecule has 0 aromatic carbocycles. The average Bonchev–Trinajstić information content (AvgIpc) is 2.93. The smallest absolute Gasteiger partial charge is 0.0762 e. The first-order chi connectivity index (χ1) is 9.20. The highest BCUT2D eigenvalue weighted by Gasteiger charge is 2.16. The van der Waals surface area contributed by atoms with E-state index in [0.29, 0.717) is 12.1 Å². The molecule has 1 aliphatic rings. The normalized spacial score (nSPS) is 20.4. The Morgan fingerprint density at radius 2 is 2.11 bits per heavy atom. The molecule has 0 amide bonds. The molecule has 0 bridgehead atoms. The first-order valence-electron chi connectivity index (χ1n) is 7.59. The highest BCUT2D eigenvalue weighted by atomic mass is 16.3. The zero-order chi connectivity index (χ0) is 13.7. The highest BCUT2D eigenvalue weighted by Crippen LogP contribution is 2.27. The SMILES string of the molecule is CC(CO)C(C)NCc1ccn(C2CCCCC2)n1. The van der Waals surface area contributed by atoms with Crippen LogP contribution in [0.15, 0.2) is 12.3 Å². The molecule has 1 aliphatic carbocycles. The quantitative estimate of drug-likeness (QED) is 0.831. The standard InChI is InChI=1S/C15H27N3O/c1-12(11-19)13(2)16-10-14-8-9-18(17-14)15-6-4-3-5-7-15/h8-9,12-13,15-16,19H,3-7,10-11H2,1-2H3. The van der Waals surface area contributed by atoms with Crippen molar-refractivity contribution < 1.29 is 5.11 Å². The first-order valence-corrected chi connectivity index (χ1v) is 7.59. The molecule has 2 rings (SSSR count). The molecule has 1 aromatic rings. The summed E-state index contributed by atoms with van der Waals surface area (Å²) in [5.41, 5.74) is 1.10. The molecule has 1 fully saturated rings. The second-order valence-corrected chi connectivity index (χ2v) is 5.91. The van der Waals surface area contributed by atoms with E-state index in [9.17, 15) is 0 Å². The van der Waals surface area contributed by atoms with Gasteiger partial charge in [-0.3, -0.25) is 4.68 Å². The topological polar surface area (TPSA) is 50.1 Å². The number of aromatic nitrogens is 2. The molecule has 0 spiro atoms. The van der Waals surface area contributed by atoms with Gasteiger partial charge < -0.3 is 10.4 Å². The Morgan fingerprint density at radius 3 is 2.79 bits per heavy atom. The number of nitrogens with one attached hydrogen (secondary N) is 1. The summed E-state index contributed by atoms with van der Waals surface area (Å²) in [4.78, 5) is 0. The fourth-order valence-corrected chi connectivity index (χ4v) is 2.65. The largest absolute Gasteiger partial charge is 0.396 e. The van der Waals surface area contributed by atoms with Crippen LogP contribution < -0.4 is 5.32 Å². The van der Waals surface area contributed by atoms with Crippen LogP contribution in [0.5, 0.6) is 0 Å². The van der Waals surface area contributed by atoms with E-state index in [4.69, 9.17) is 5.11 Å². The minimum atomic E-state index is 0.227. The molecule has 4 heteroatoms. The van der Waals surface area contributed by atoms with Crippen LogP contribution in [0, 0.1) is 5.92 Å². The summed E-state index contributed by atoms with van der Waals surface area (Å²) in [6.07, 6.45) is 8.71. The Labute approximate surface area is 116 Å². The van der Waals surface area contributed by atoms with Gasteiger partial charge in [-0.15, -0.1) is 0 Å². The van der Waals surface area contributed by atoms with E-state index in [1.54, 1.807) is 0 Å². The first kappa shape index (κ1) is 14.5. The summed E-state index contributed by atoms with van der Waals surface area (Å²) in [5, 5.41) is 17.2. The fourth-order valence-electron chi connectivity index (χ4n) is 2.65. The van der Waals surface area contributed by atoms with Crippen molar-refractivity contribution >= 4 is 0 Å². The van der Waals surface area contributed by atoms with E-state index in [-0.39, 0.29) is 12.5 Å². The van der Waals surface area contributed by atoms with E-state index >= 15 is 0 Å². The van der Waals surface area contributed by atoms with E-state index in [1.165, 1.54) is 32.1 Å². The lowest BCUT2D eigenvalue weighted by atomic mass is 9.96. The summed E-state index contributed by atoms with van der Waals surface area (Å²) in [5.74, 6) is 0.278. The van der Waals surface area contributed by atoms with Crippen molar-refractivity contribution in [2.24, 2.45) is 5.92 Å². The molecule has 2 N–H and O–H groups in total. The predicted octanol–water partition coefficient (Wildman–Crippen LogP) is 2.49. The van der Waals surface area contributed by atoms with Crippen LogP contribution in [0.4, 0.5) is 0 Å². The Kier molecular flexibility index (Phi) is 5.40. The molecule has 1 heterocycles. The molecular weight excluding hydrogens is 238 g/mol. The van der Waals surface area contributed by atoms with Crippen molar-refractivity contribution in [3.63, 3.8) is 0 Å². The van der Waals surface area contributed by atoms with E-state index in [0.717, 1.165) is 12.2 Å². The number of hydrogen-bond donors (Lipinski definition) is 2. The number of hydrogen-bond acceptors (Lipinski definition) is 3. The molecule has 108 valence electrons. The monoisotopic (exact) mass is 265 g/mol. The van der Waals surface area contributed by atoms with Crippen LogP contribution in [0.25, 0.3) is 0 Å². The lowest BCUT2D eigenvalue weighted by Crippen LogP contribution is -2.33.